The van der Waals surface area contributed by atoms with Crippen LogP contribution < -0.4 is 5.32 Å². The Morgan fingerprint density at radius 2 is 1.51 bits per heavy atom. The number of pyridine rings is 1. The van der Waals surface area contributed by atoms with Crippen LogP contribution >= 0.6 is 0 Å². The average Bonchev–Trinajstić information content (AvgIpc) is 3.27. The lowest BCUT2D eigenvalue weighted by Gasteiger charge is -2.26. The average molecular weight is 473 g/mol. The van der Waals surface area contributed by atoms with Gasteiger partial charge in [0.15, 0.2) is 5.65 Å². The van der Waals surface area contributed by atoms with Crippen LogP contribution in [0.5, 0.6) is 0 Å². The largest absolute Gasteiger partial charge is 0.416 e. The smallest absolute Gasteiger partial charge is 0.317 e. The van der Waals surface area contributed by atoms with Crippen LogP contribution in [0.2, 0.25) is 0 Å². The van der Waals surface area contributed by atoms with Crippen LogP contribution in [-0.2, 0) is 6.18 Å². The Bertz CT molecular complexity index is 1510. The Hall–Kier alpha value is -3.71. The molecule has 0 saturated carbocycles. The number of hydrogen-bond donors (Lipinski definition) is 1. The number of benzene rings is 3. The third kappa shape index (κ3) is 4.06. The second kappa shape index (κ2) is 8.50. The molecule has 3 heterocycles. The van der Waals surface area contributed by atoms with Crippen LogP contribution in [0, 0.1) is 0 Å². The van der Waals surface area contributed by atoms with Gasteiger partial charge in [0.2, 0.25) is 0 Å². The van der Waals surface area contributed by atoms with Crippen LogP contribution in [0.3, 0.4) is 0 Å². The summed E-state index contributed by atoms with van der Waals surface area (Å²) < 4.78 is 41.5. The molecule has 0 atom stereocenters. The first-order valence-corrected chi connectivity index (χ1v) is 11.7. The molecule has 176 valence electrons. The SMILES string of the molecule is FC(F)(F)c1ccc(-c2nc3cc(-c4ccc5ccccc5c4)cnc3n2C2CCNCC2)cc1. The van der Waals surface area contributed by atoms with E-state index in [0.717, 1.165) is 65.7 Å². The van der Waals surface area contributed by atoms with Crippen molar-refractivity contribution >= 4 is 21.9 Å². The normalized spacial score (nSPS) is 15.2. The Labute approximate surface area is 200 Å². The van der Waals surface area contributed by atoms with E-state index in [-0.39, 0.29) is 6.04 Å². The van der Waals surface area contributed by atoms with Crippen molar-refractivity contribution < 1.29 is 13.2 Å². The van der Waals surface area contributed by atoms with Crippen molar-refractivity contribution in [2.24, 2.45) is 0 Å². The topological polar surface area (TPSA) is 42.7 Å². The maximum absolute atomic E-state index is 13.1. The van der Waals surface area contributed by atoms with Crippen LogP contribution in [0.4, 0.5) is 13.2 Å². The second-order valence-corrected chi connectivity index (χ2v) is 8.99. The first-order valence-electron chi connectivity index (χ1n) is 11.7. The van der Waals surface area contributed by atoms with Crippen LogP contribution in [0.15, 0.2) is 79.0 Å². The summed E-state index contributed by atoms with van der Waals surface area (Å²) in [7, 11) is 0. The van der Waals surface area contributed by atoms with Gasteiger partial charge < -0.3 is 9.88 Å². The predicted molar refractivity (Wildman–Crippen MR) is 132 cm³/mol. The fraction of sp³-hybridized carbons (Fsp3) is 0.214. The highest BCUT2D eigenvalue weighted by Gasteiger charge is 2.30. The molecule has 1 N–H and O–H groups in total. The van der Waals surface area contributed by atoms with Crippen LogP contribution in [0.1, 0.15) is 24.4 Å². The molecule has 1 saturated heterocycles. The van der Waals surface area contributed by atoms with Crippen LogP contribution in [-0.4, -0.2) is 27.6 Å². The minimum absolute atomic E-state index is 0.178. The van der Waals surface area contributed by atoms with Gasteiger partial charge >= 0.3 is 6.18 Å². The zero-order valence-electron chi connectivity index (χ0n) is 18.9. The van der Waals surface area contributed by atoms with Gasteiger partial charge in [-0.15, -0.1) is 0 Å². The number of fused-ring (bicyclic) bond motifs is 2. The van der Waals surface area contributed by atoms with E-state index in [9.17, 15) is 13.2 Å². The number of nitrogens with one attached hydrogen (secondary N) is 1. The Balaban J connectivity index is 1.48. The molecule has 2 aromatic heterocycles. The Kier molecular flexibility index (Phi) is 5.29. The maximum atomic E-state index is 13.1. The summed E-state index contributed by atoms with van der Waals surface area (Å²) in [4.78, 5) is 9.71. The van der Waals surface area contributed by atoms with Gasteiger partial charge in [0.05, 0.1) is 5.56 Å². The van der Waals surface area contributed by atoms with Gasteiger partial charge in [-0.3, -0.25) is 0 Å². The summed E-state index contributed by atoms with van der Waals surface area (Å²) in [5.41, 5.74) is 3.49. The van der Waals surface area contributed by atoms with Crippen molar-refractivity contribution in [2.75, 3.05) is 13.1 Å². The fourth-order valence-electron chi connectivity index (χ4n) is 4.93. The van der Waals surface area contributed by atoms with Crippen molar-refractivity contribution in [2.45, 2.75) is 25.1 Å². The van der Waals surface area contributed by atoms with E-state index in [1.807, 2.05) is 24.4 Å². The van der Waals surface area contributed by atoms with Crippen molar-refractivity contribution in [1.82, 2.24) is 19.9 Å². The molecule has 4 nitrogen and oxygen atoms in total. The van der Waals surface area contributed by atoms with E-state index < -0.39 is 11.7 Å². The summed E-state index contributed by atoms with van der Waals surface area (Å²) in [6.45, 7) is 1.76. The highest BCUT2D eigenvalue weighted by molar-refractivity contribution is 5.89. The molecular weight excluding hydrogens is 449 g/mol. The number of hydrogen-bond acceptors (Lipinski definition) is 3. The predicted octanol–water partition coefficient (Wildman–Crippen LogP) is 6.86. The minimum Gasteiger partial charge on any atom is -0.317 e. The molecule has 0 bridgehead atoms. The summed E-state index contributed by atoms with van der Waals surface area (Å²) in [5.74, 6) is 0.656. The molecule has 7 heteroatoms. The molecule has 0 amide bonds. The molecule has 5 aromatic rings. The van der Waals surface area contributed by atoms with Gasteiger partial charge in [0.1, 0.15) is 11.3 Å². The van der Waals surface area contributed by atoms with Gasteiger partial charge in [-0.25, -0.2) is 9.97 Å². The highest BCUT2D eigenvalue weighted by atomic mass is 19.4. The molecule has 35 heavy (non-hydrogen) atoms. The van der Waals surface area contributed by atoms with Crippen LogP contribution in [0.25, 0.3) is 44.5 Å². The molecule has 0 aliphatic carbocycles. The summed E-state index contributed by atoms with van der Waals surface area (Å²) in [5, 5.41) is 5.69. The number of halogens is 3. The summed E-state index contributed by atoms with van der Waals surface area (Å²) in [6, 6.07) is 22.0. The van der Waals surface area contributed by atoms with E-state index in [4.69, 9.17) is 9.97 Å². The first-order chi connectivity index (χ1) is 17.0. The van der Waals surface area contributed by atoms with E-state index in [2.05, 4.69) is 40.2 Å². The number of nitrogens with zero attached hydrogens (tertiary/aromatic N) is 3. The third-order valence-corrected chi connectivity index (χ3v) is 6.76. The van der Waals surface area contributed by atoms with Gasteiger partial charge in [-0.2, -0.15) is 13.2 Å². The molecule has 1 fully saturated rings. The molecule has 6 rings (SSSR count). The quantitative estimate of drug-likeness (QED) is 0.312. The number of alkyl halides is 3. The number of aromatic nitrogens is 3. The molecule has 0 radical (unpaired) electrons. The van der Waals surface area contributed by atoms with E-state index in [1.165, 1.54) is 17.5 Å². The highest BCUT2D eigenvalue weighted by Crippen LogP contribution is 2.35. The molecular formula is C28H23F3N4. The van der Waals surface area contributed by atoms with Crippen molar-refractivity contribution in [3.8, 4) is 22.5 Å². The summed E-state index contributed by atoms with van der Waals surface area (Å²) in [6.07, 6.45) is -0.688. The second-order valence-electron chi connectivity index (χ2n) is 8.99. The van der Waals surface area contributed by atoms with Crippen molar-refractivity contribution in [3.63, 3.8) is 0 Å². The van der Waals surface area contributed by atoms with Gasteiger partial charge in [0, 0.05) is 23.4 Å². The minimum atomic E-state index is -4.37. The third-order valence-electron chi connectivity index (χ3n) is 6.76. The zero-order chi connectivity index (χ0) is 24.0. The van der Waals surface area contributed by atoms with E-state index in [1.54, 1.807) is 0 Å². The molecule has 1 aliphatic rings. The van der Waals surface area contributed by atoms with Gasteiger partial charge in [0.25, 0.3) is 0 Å². The Morgan fingerprint density at radius 1 is 0.800 bits per heavy atom. The lowest BCUT2D eigenvalue weighted by Crippen LogP contribution is -2.29. The molecule has 0 spiro atoms. The number of imidazole rings is 1. The number of piperidine rings is 1. The van der Waals surface area contributed by atoms with Crippen molar-refractivity contribution in [3.05, 3.63) is 84.6 Å². The van der Waals surface area contributed by atoms with E-state index in [0.29, 0.717) is 11.4 Å². The van der Waals surface area contributed by atoms with Gasteiger partial charge in [-0.05, 0) is 66.5 Å². The maximum Gasteiger partial charge on any atom is 0.416 e. The van der Waals surface area contributed by atoms with Crippen molar-refractivity contribution in [1.29, 1.82) is 0 Å². The molecule has 3 aromatic carbocycles. The lowest BCUT2D eigenvalue weighted by atomic mass is 10.0. The Morgan fingerprint density at radius 3 is 2.26 bits per heavy atom. The van der Waals surface area contributed by atoms with E-state index >= 15 is 0 Å². The standard InChI is InChI=1S/C28H23F3N4/c29-28(30,31)23-9-7-19(8-10-23)26-34-25-16-22(21-6-5-18-3-1-2-4-20(18)15-21)17-33-27(25)35(26)24-11-13-32-14-12-24/h1-10,15-17,24,32H,11-14H2. The lowest BCUT2D eigenvalue weighted by molar-refractivity contribution is -0.137. The number of rotatable bonds is 3. The molecule has 1 aliphatic heterocycles. The summed E-state index contributed by atoms with van der Waals surface area (Å²) >= 11 is 0. The molecule has 0 unspecified atom stereocenters. The monoisotopic (exact) mass is 472 g/mol. The first kappa shape index (κ1) is 21.8. The fourth-order valence-corrected chi connectivity index (χ4v) is 4.93. The zero-order valence-corrected chi connectivity index (χ0v) is 18.9. The van der Waals surface area contributed by atoms with Gasteiger partial charge in [-0.1, -0.05) is 48.5 Å².